The fraction of sp³-hybridized carbons (Fsp3) is 0.571. The Morgan fingerprint density at radius 3 is 2.56 bits per heavy atom. The van der Waals surface area contributed by atoms with Crippen LogP contribution in [-0.2, 0) is 11.3 Å². The molecule has 0 saturated carbocycles. The number of nitrogens with zero attached hydrogens (tertiary/aromatic N) is 1. The zero-order valence-corrected chi connectivity index (χ0v) is 12.4. The van der Waals surface area contributed by atoms with Crippen molar-refractivity contribution in [1.29, 1.82) is 0 Å². The van der Waals surface area contributed by atoms with Gasteiger partial charge in [-0.25, -0.2) is 0 Å². The summed E-state index contributed by atoms with van der Waals surface area (Å²) in [6.45, 7) is 3.69. The van der Waals surface area contributed by atoms with Gasteiger partial charge >= 0.3 is 0 Å². The summed E-state index contributed by atoms with van der Waals surface area (Å²) in [7, 11) is 5.94. The van der Waals surface area contributed by atoms with E-state index in [9.17, 15) is 0 Å². The molecule has 0 spiro atoms. The van der Waals surface area contributed by atoms with Crippen molar-refractivity contribution in [2.45, 2.75) is 11.4 Å². The maximum Gasteiger partial charge on any atom is 0.0587 e. The molecule has 0 fully saturated rings. The number of rotatable bonds is 9. The third-order valence-electron chi connectivity index (χ3n) is 2.54. The van der Waals surface area contributed by atoms with E-state index in [0.717, 1.165) is 32.0 Å². The highest BCUT2D eigenvalue weighted by Crippen LogP contribution is 2.18. The van der Waals surface area contributed by atoms with Gasteiger partial charge in [-0.05, 0) is 31.8 Å². The van der Waals surface area contributed by atoms with Gasteiger partial charge in [0.1, 0.15) is 0 Å². The molecule has 0 atom stereocenters. The minimum atomic E-state index is 0.762. The third kappa shape index (κ3) is 7.01. The van der Waals surface area contributed by atoms with Crippen molar-refractivity contribution in [3.63, 3.8) is 0 Å². The molecule has 0 bridgehead atoms. The first-order valence-electron chi connectivity index (χ1n) is 6.28. The highest BCUT2D eigenvalue weighted by Gasteiger charge is 1.97. The van der Waals surface area contributed by atoms with Crippen molar-refractivity contribution in [2.75, 3.05) is 46.7 Å². The van der Waals surface area contributed by atoms with E-state index in [2.05, 4.69) is 48.6 Å². The van der Waals surface area contributed by atoms with E-state index in [1.807, 2.05) is 11.8 Å². The fourth-order valence-electron chi connectivity index (χ4n) is 1.46. The lowest BCUT2D eigenvalue weighted by atomic mass is 10.2. The van der Waals surface area contributed by atoms with Crippen LogP contribution in [0.2, 0.25) is 0 Å². The zero-order valence-electron chi connectivity index (χ0n) is 11.6. The van der Waals surface area contributed by atoms with Crippen LogP contribution in [0.15, 0.2) is 29.2 Å². The standard InChI is InChI=1S/C14H24N2OS/c1-16(2)9-11-18-14-6-4-13(5-7-14)12-15-8-10-17-3/h4-7,15H,8-12H2,1-3H3. The Morgan fingerprint density at radius 2 is 1.94 bits per heavy atom. The van der Waals surface area contributed by atoms with Gasteiger partial charge in [-0.2, -0.15) is 0 Å². The van der Waals surface area contributed by atoms with Gasteiger partial charge in [-0.15, -0.1) is 11.8 Å². The summed E-state index contributed by atoms with van der Waals surface area (Å²) in [6.07, 6.45) is 0. The minimum absolute atomic E-state index is 0.762. The lowest BCUT2D eigenvalue weighted by molar-refractivity contribution is 0.199. The first kappa shape index (κ1) is 15.5. The van der Waals surface area contributed by atoms with Crippen molar-refractivity contribution < 1.29 is 4.74 Å². The lowest BCUT2D eigenvalue weighted by Gasteiger charge is -2.09. The Labute approximate surface area is 115 Å². The molecule has 18 heavy (non-hydrogen) atoms. The Balaban J connectivity index is 2.24. The Morgan fingerprint density at radius 1 is 1.22 bits per heavy atom. The molecule has 0 aliphatic heterocycles. The normalized spacial score (nSPS) is 11.1. The average Bonchev–Trinajstić information content (AvgIpc) is 2.36. The highest BCUT2D eigenvalue weighted by molar-refractivity contribution is 7.99. The Hall–Kier alpha value is -0.550. The molecule has 3 nitrogen and oxygen atoms in total. The number of hydrogen-bond donors (Lipinski definition) is 1. The lowest BCUT2D eigenvalue weighted by Crippen LogP contribution is -2.18. The van der Waals surface area contributed by atoms with Crippen molar-refractivity contribution in [3.05, 3.63) is 29.8 Å². The topological polar surface area (TPSA) is 24.5 Å². The highest BCUT2D eigenvalue weighted by atomic mass is 32.2. The van der Waals surface area contributed by atoms with E-state index < -0.39 is 0 Å². The zero-order chi connectivity index (χ0) is 13.2. The van der Waals surface area contributed by atoms with Gasteiger partial charge in [0.05, 0.1) is 6.61 Å². The molecule has 0 unspecified atom stereocenters. The molecular formula is C14H24N2OS. The van der Waals surface area contributed by atoms with Gasteiger partial charge in [0.15, 0.2) is 0 Å². The van der Waals surface area contributed by atoms with Crippen molar-refractivity contribution in [3.8, 4) is 0 Å². The van der Waals surface area contributed by atoms with Crippen molar-refractivity contribution in [2.24, 2.45) is 0 Å². The second-order valence-corrected chi connectivity index (χ2v) is 5.63. The monoisotopic (exact) mass is 268 g/mol. The first-order valence-corrected chi connectivity index (χ1v) is 7.27. The van der Waals surface area contributed by atoms with E-state index >= 15 is 0 Å². The molecule has 1 N–H and O–H groups in total. The van der Waals surface area contributed by atoms with Gasteiger partial charge in [-0.1, -0.05) is 12.1 Å². The molecule has 4 heteroatoms. The van der Waals surface area contributed by atoms with Crippen LogP contribution in [0.1, 0.15) is 5.56 Å². The van der Waals surface area contributed by atoms with Gasteiger partial charge in [0.2, 0.25) is 0 Å². The van der Waals surface area contributed by atoms with E-state index in [-0.39, 0.29) is 0 Å². The molecule has 1 rings (SSSR count). The molecule has 0 radical (unpaired) electrons. The number of hydrogen-bond acceptors (Lipinski definition) is 4. The largest absolute Gasteiger partial charge is 0.383 e. The van der Waals surface area contributed by atoms with Gasteiger partial charge in [0.25, 0.3) is 0 Å². The third-order valence-corrected chi connectivity index (χ3v) is 3.53. The second-order valence-electron chi connectivity index (χ2n) is 4.47. The maximum atomic E-state index is 4.99. The van der Waals surface area contributed by atoms with Crippen LogP contribution < -0.4 is 5.32 Å². The predicted molar refractivity (Wildman–Crippen MR) is 79.3 cm³/mol. The van der Waals surface area contributed by atoms with Crippen molar-refractivity contribution in [1.82, 2.24) is 10.2 Å². The van der Waals surface area contributed by atoms with Crippen LogP contribution in [0.3, 0.4) is 0 Å². The molecule has 102 valence electrons. The summed E-state index contributed by atoms with van der Waals surface area (Å²) in [5, 5.41) is 3.34. The minimum Gasteiger partial charge on any atom is -0.383 e. The second kappa shape index (κ2) is 9.39. The summed E-state index contributed by atoms with van der Waals surface area (Å²) in [4.78, 5) is 3.55. The Kier molecular flexibility index (Phi) is 8.09. The molecule has 1 aromatic carbocycles. The van der Waals surface area contributed by atoms with E-state index in [1.165, 1.54) is 10.5 Å². The molecule has 0 aliphatic rings. The molecule has 0 saturated heterocycles. The molecule has 0 aromatic heterocycles. The molecule has 0 aliphatic carbocycles. The predicted octanol–water partition coefficient (Wildman–Crippen LogP) is 2.08. The van der Waals surface area contributed by atoms with E-state index in [4.69, 9.17) is 4.74 Å². The van der Waals surface area contributed by atoms with Crippen LogP contribution >= 0.6 is 11.8 Å². The van der Waals surface area contributed by atoms with Crippen LogP contribution in [0.25, 0.3) is 0 Å². The fourth-order valence-corrected chi connectivity index (χ4v) is 2.48. The summed E-state index contributed by atoms with van der Waals surface area (Å²) in [5.41, 5.74) is 1.32. The summed E-state index contributed by atoms with van der Waals surface area (Å²) in [6, 6.07) is 8.79. The summed E-state index contributed by atoms with van der Waals surface area (Å²) >= 11 is 1.91. The van der Waals surface area contributed by atoms with Gasteiger partial charge in [-0.3, -0.25) is 0 Å². The molecule has 0 amide bonds. The first-order chi connectivity index (χ1) is 8.72. The summed E-state index contributed by atoms with van der Waals surface area (Å²) < 4.78 is 4.99. The smallest absolute Gasteiger partial charge is 0.0587 e. The van der Waals surface area contributed by atoms with E-state index in [1.54, 1.807) is 7.11 Å². The van der Waals surface area contributed by atoms with E-state index in [0.29, 0.717) is 0 Å². The van der Waals surface area contributed by atoms with Crippen LogP contribution in [-0.4, -0.2) is 51.6 Å². The summed E-state index contributed by atoms with van der Waals surface area (Å²) in [5.74, 6) is 1.14. The number of methoxy groups -OCH3 is 1. The quantitative estimate of drug-likeness (QED) is 0.547. The van der Waals surface area contributed by atoms with Crippen molar-refractivity contribution >= 4 is 11.8 Å². The number of thioether (sulfide) groups is 1. The maximum absolute atomic E-state index is 4.99. The number of ether oxygens (including phenoxy) is 1. The number of benzene rings is 1. The van der Waals surface area contributed by atoms with Crippen LogP contribution in [0, 0.1) is 0 Å². The average molecular weight is 268 g/mol. The van der Waals surface area contributed by atoms with Crippen LogP contribution in [0.4, 0.5) is 0 Å². The van der Waals surface area contributed by atoms with Gasteiger partial charge < -0.3 is 15.0 Å². The molecule has 1 aromatic rings. The number of nitrogens with one attached hydrogen (secondary N) is 1. The SMILES string of the molecule is COCCNCc1ccc(SCCN(C)C)cc1. The Bertz CT molecular complexity index is 314. The van der Waals surface area contributed by atoms with Crippen LogP contribution in [0.5, 0.6) is 0 Å². The van der Waals surface area contributed by atoms with Gasteiger partial charge in [0, 0.05) is 37.4 Å². The molecule has 0 heterocycles. The molecular weight excluding hydrogens is 244 g/mol.